The van der Waals surface area contributed by atoms with Crippen LogP contribution in [0.3, 0.4) is 0 Å². The van der Waals surface area contributed by atoms with Gasteiger partial charge in [0.25, 0.3) is 0 Å². The van der Waals surface area contributed by atoms with Gasteiger partial charge in [-0.1, -0.05) is 97.1 Å². The summed E-state index contributed by atoms with van der Waals surface area (Å²) in [5.74, 6) is 3.58. The second-order valence-electron chi connectivity index (χ2n) is 13.0. The fourth-order valence-corrected chi connectivity index (χ4v) is 12.8. The molecule has 4 atom stereocenters. The van der Waals surface area contributed by atoms with E-state index in [0.29, 0.717) is 5.41 Å². The third-order valence-corrected chi connectivity index (χ3v) is 14.0. The van der Waals surface area contributed by atoms with Gasteiger partial charge in [0.05, 0.1) is 0 Å². The summed E-state index contributed by atoms with van der Waals surface area (Å²) in [6.07, 6.45) is 9.62. The molecule has 0 radical (unpaired) electrons. The molecule has 2 heteroatoms. The molecule has 4 saturated carbocycles. The van der Waals surface area contributed by atoms with Crippen molar-refractivity contribution in [2.45, 2.75) is 57.5 Å². The first-order valence-electron chi connectivity index (χ1n) is 15.3. The minimum atomic E-state index is -0.531. The van der Waals surface area contributed by atoms with E-state index in [4.69, 9.17) is 0 Å². The SMILES string of the molecule is Cc1ccccc1P(Cc1cc(-c2ccccc2)ccc1C12CC3CC(CC(C3)C1CP)C2)c1ccccc1C. The summed E-state index contributed by atoms with van der Waals surface area (Å²) in [4.78, 5) is 0. The minimum absolute atomic E-state index is 0.347. The molecular weight excluding hydrogens is 518 g/mol. The molecule has 4 unspecified atom stereocenters. The van der Waals surface area contributed by atoms with Crippen LogP contribution >= 0.6 is 17.2 Å². The molecule has 0 nitrogen and oxygen atoms in total. The first-order valence-corrected chi connectivity index (χ1v) is 17.7. The summed E-state index contributed by atoms with van der Waals surface area (Å²) in [5.41, 5.74) is 9.22. The van der Waals surface area contributed by atoms with Crippen LogP contribution in [0.15, 0.2) is 97.1 Å². The average Bonchev–Trinajstić information content (AvgIpc) is 2.97. The van der Waals surface area contributed by atoms with Crippen LogP contribution in [0.4, 0.5) is 0 Å². The molecule has 4 aliphatic carbocycles. The van der Waals surface area contributed by atoms with Crippen molar-refractivity contribution in [3.05, 3.63) is 119 Å². The van der Waals surface area contributed by atoms with Crippen molar-refractivity contribution in [1.82, 2.24) is 0 Å². The van der Waals surface area contributed by atoms with Crippen molar-refractivity contribution >= 4 is 27.8 Å². The Hall–Kier alpha value is -2.26. The summed E-state index contributed by atoms with van der Waals surface area (Å²) in [7, 11) is 2.65. The van der Waals surface area contributed by atoms with E-state index in [2.05, 4.69) is 120 Å². The monoisotopic (exact) mass is 560 g/mol. The van der Waals surface area contributed by atoms with Gasteiger partial charge in [0.15, 0.2) is 0 Å². The summed E-state index contributed by atoms with van der Waals surface area (Å²) >= 11 is 0. The van der Waals surface area contributed by atoms with Crippen molar-refractivity contribution in [1.29, 1.82) is 0 Å². The zero-order chi connectivity index (χ0) is 27.3. The van der Waals surface area contributed by atoms with Crippen LogP contribution in [0.5, 0.6) is 0 Å². The molecule has 4 bridgehead atoms. The second kappa shape index (κ2) is 10.9. The molecular formula is C38H42P2. The van der Waals surface area contributed by atoms with Crippen LogP contribution in [0.1, 0.15) is 54.4 Å². The van der Waals surface area contributed by atoms with Crippen LogP contribution < -0.4 is 10.6 Å². The van der Waals surface area contributed by atoms with Gasteiger partial charge in [-0.2, -0.15) is 0 Å². The van der Waals surface area contributed by atoms with Crippen molar-refractivity contribution < 1.29 is 0 Å². The van der Waals surface area contributed by atoms with E-state index >= 15 is 0 Å². The van der Waals surface area contributed by atoms with Crippen LogP contribution in [-0.4, -0.2) is 6.16 Å². The van der Waals surface area contributed by atoms with Gasteiger partial charge in [0.1, 0.15) is 0 Å². The number of aryl methyl sites for hydroxylation is 2. The average molecular weight is 561 g/mol. The fourth-order valence-electron chi connectivity index (χ4n) is 9.21. The Morgan fingerprint density at radius 2 is 1.30 bits per heavy atom. The van der Waals surface area contributed by atoms with E-state index in [1.165, 1.54) is 71.1 Å². The topological polar surface area (TPSA) is 0 Å². The molecule has 204 valence electrons. The lowest BCUT2D eigenvalue weighted by atomic mass is 9.43. The Morgan fingerprint density at radius 1 is 0.700 bits per heavy atom. The maximum atomic E-state index is 3.18. The van der Waals surface area contributed by atoms with E-state index in [0.717, 1.165) is 29.8 Å². The van der Waals surface area contributed by atoms with Gasteiger partial charge in [-0.25, -0.2) is 0 Å². The highest BCUT2D eigenvalue weighted by atomic mass is 31.1. The molecule has 8 rings (SSSR count). The predicted octanol–water partition coefficient (Wildman–Crippen LogP) is 9.17. The number of hydrogen-bond acceptors (Lipinski definition) is 0. The molecule has 0 aromatic heterocycles. The molecule has 0 amide bonds. The van der Waals surface area contributed by atoms with Crippen molar-refractivity contribution in [2.24, 2.45) is 23.7 Å². The zero-order valence-corrected chi connectivity index (χ0v) is 26.1. The summed E-state index contributed by atoms with van der Waals surface area (Å²) in [6, 6.07) is 37.0. The molecule has 4 aliphatic rings. The minimum Gasteiger partial charge on any atom is -0.137 e. The highest BCUT2D eigenvalue weighted by Gasteiger charge is 2.57. The van der Waals surface area contributed by atoms with Gasteiger partial charge in [0, 0.05) is 6.16 Å². The van der Waals surface area contributed by atoms with Crippen LogP contribution in [0.2, 0.25) is 0 Å². The molecule has 40 heavy (non-hydrogen) atoms. The number of benzene rings is 4. The molecule has 0 spiro atoms. The smallest absolute Gasteiger partial charge is 0.00108 e. The lowest BCUT2D eigenvalue weighted by Gasteiger charge is -2.62. The lowest BCUT2D eigenvalue weighted by molar-refractivity contribution is -0.0520. The van der Waals surface area contributed by atoms with Gasteiger partial charge in [-0.15, -0.1) is 9.24 Å². The van der Waals surface area contributed by atoms with Crippen LogP contribution in [0.25, 0.3) is 11.1 Å². The van der Waals surface area contributed by atoms with E-state index in [9.17, 15) is 0 Å². The summed E-state index contributed by atoms with van der Waals surface area (Å²) in [6.45, 7) is 4.63. The van der Waals surface area contributed by atoms with Gasteiger partial charge in [0.2, 0.25) is 0 Å². The van der Waals surface area contributed by atoms with Gasteiger partial charge in [-0.3, -0.25) is 0 Å². The number of hydrogen-bond donors (Lipinski definition) is 0. The fraction of sp³-hybridized carbons (Fsp3) is 0.368. The molecule has 0 saturated heterocycles. The van der Waals surface area contributed by atoms with Crippen molar-refractivity contribution in [3.8, 4) is 11.1 Å². The summed E-state index contributed by atoms with van der Waals surface area (Å²) < 4.78 is 0. The Labute approximate surface area is 245 Å². The van der Waals surface area contributed by atoms with Gasteiger partial charge in [-0.05, 0) is 133 Å². The Bertz CT molecular complexity index is 1450. The predicted molar refractivity (Wildman–Crippen MR) is 177 cm³/mol. The first kappa shape index (κ1) is 26.6. The molecule has 0 N–H and O–H groups in total. The zero-order valence-electron chi connectivity index (χ0n) is 24.0. The maximum absolute atomic E-state index is 3.18. The molecule has 4 aromatic carbocycles. The van der Waals surface area contributed by atoms with E-state index in [1.54, 1.807) is 11.1 Å². The van der Waals surface area contributed by atoms with Crippen LogP contribution in [-0.2, 0) is 11.6 Å². The van der Waals surface area contributed by atoms with E-state index in [-0.39, 0.29) is 0 Å². The largest absolute Gasteiger partial charge is 0.137 e. The van der Waals surface area contributed by atoms with Crippen LogP contribution in [0, 0.1) is 37.5 Å². The van der Waals surface area contributed by atoms with Crippen molar-refractivity contribution in [2.75, 3.05) is 6.16 Å². The lowest BCUT2D eigenvalue weighted by Crippen LogP contribution is -2.56. The number of rotatable bonds is 7. The third-order valence-electron chi connectivity index (χ3n) is 10.7. The standard InChI is InChI=1S/C38H42P2/c1-26-10-6-8-14-36(26)40(37-15-9-7-11-27(37)2)25-33-21-31(30-12-4-3-5-13-30)16-17-34(33)38-22-28-18-29(23-38)20-32(19-28)35(38)24-39/h3-17,21,28-29,32,35H,18-20,22-25,39H2,1-2H3. The molecule has 4 fully saturated rings. The van der Waals surface area contributed by atoms with Gasteiger partial charge < -0.3 is 0 Å². The van der Waals surface area contributed by atoms with E-state index < -0.39 is 7.92 Å². The highest BCUT2D eigenvalue weighted by molar-refractivity contribution is 7.72. The Kier molecular flexibility index (Phi) is 7.23. The van der Waals surface area contributed by atoms with E-state index in [1.807, 2.05) is 0 Å². The third kappa shape index (κ3) is 4.61. The molecule has 0 aliphatic heterocycles. The quantitative estimate of drug-likeness (QED) is 0.198. The Balaban J connectivity index is 1.41. The molecule has 0 heterocycles. The van der Waals surface area contributed by atoms with Gasteiger partial charge >= 0.3 is 0 Å². The molecule has 4 aromatic rings. The second-order valence-corrected chi connectivity index (χ2v) is 15.6. The van der Waals surface area contributed by atoms with Crippen molar-refractivity contribution in [3.63, 3.8) is 0 Å². The first-order chi connectivity index (χ1) is 19.6. The highest BCUT2D eigenvalue weighted by Crippen LogP contribution is 2.64. The normalized spacial score (nSPS) is 26.9. The Morgan fingerprint density at radius 3 is 1.90 bits per heavy atom. The maximum Gasteiger partial charge on any atom is 0.00108 e. The summed E-state index contributed by atoms with van der Waals surface area (Å²) in [5, 5.41) is 3.08.